The van der Waals surface area contributed by atoms with E-state index in [1.807, 2.05) is 0 Å². The molecule has 0 aromatic carbocycles. The summed E-state index contributed by atoms with van der Waals surface area (Å²) in [5.74, 6) is 0.626. The Morgan fingerprint density at radius 3 is 2.94 bits per heavy atom. The predicted octanol–water partition coefficient (Wildman–Crippen LogP) is 2.51. The highest BCUT2D eigenvalue weighted by molar-refractivity contribution is 5.43. The van der Waals surface area contributed by atoms with E-state index in [1.165, 1.54) is 6.20 Å². The predicted molar refractivity (Wildman–Crippen MR) is 63.3 cm³/mol. The lowest BCUT2D eigenvalue weighted by Crippen LogP contribution is -2.13. The maximum Gasteiger partial charge on any atom is 0.433 e. The van der Waals surface area contributed by atoms with E-state index >= 15 is 0 Å². The molecular formula is C12H16F3N3. The maximum absolute atomic E-state index is 12.4. The average Bonchev–Trinajstić information content (AvgIpc) is 2.81. The van der Waals surface area contributed by atoms with Crippen LogP contribution in [0.4, 0.5) is 18.9 Å². The molecule has 1 aromatic heterocycles. The minimum atomic E-state index is -4.38. The number of hydrogen-bond acceptors (Lipinski definition) is 3. The van der Waals surface area contributed by atoms with Crippen LogP contribution in [0.25, 0.3) is 0 Å². The number of rotatable bonds is 4. The highest BCUT2D eigenvalue weighted by Gasteiger charge is 2.32. The number of halogens is 3. The lowest BCUT2D eigenvalue weighted by atomic mass is 10.1. The molecule has 100 valence electrons. The van der Waals surface area contributed by atoms with E-state index in [0.717, 1.165) is 32.0 Å². The monoisotopic (exact) mass is 259 g/mol. The van der Waals surface area contributed by atoms with Gasteiger partial charge in [0.25, 0.3) is 0 Å². The number of nitrogens with zero attached hydrogens (tertiary/aromatic N) is 1. The first-order valence-corrected chi connectivity index (χ1v) is 6.03. The molecular weight excluding hydrogens is 243 g/mol. The lowest BCUT2D eigenvalue weighted by Gasteiger charge is -2.11. The third-order valence-corrected chi connectivity index (χ3v) is 3.09. The zero-order valence-electron chi connectivity index (χ0n) is 9.93. The fourth-order valence-corrected chi connectivity index (χ4v) is 2.08. The van der Waals surface area contributed by atoms with Gasteiger partial charge in [0.15, 0.2) is 0 Å². The maximum atomic E-state index is 12.4. The van der Waals surface area contributed by atoms with E-state index in [1.54, 1.807) is 6.07 Å². The Morgan fingerprint density at radius 1 is 1.44 bits per heavy atom. The van der Waals surface area contributed by atoms with Crippen molar-refractivity contribution < 1.29 is 13.2 Å². The van der Waals surface area contributed by atoms with Crippen LogP contribution in [-0.2, 0) is 6.18 Å². The first kappa shape index (κ1) is 13.1. The fourth-order valence-electron chi connectivity index (χ4n) is 2.08. The third-order valence-electron chi connectivity index (χ3n) is 3.09. The van der Waals surface area contributed by atoms with Crippen LogP contribution in [0.15, 0.2) is 18.3 Å². The Hall–Kier alpha value is -1.30. The van der Waals surface area contributed by atoms with Crippen LogP contribution < -0.4 is 10.6 Å². The van der Waals surface area contributed by atoms with Gasteiger partial charge in [0.05, 0.1) is 0 Å². The topological polar surface area (TPSA) is 37.0 Å². The molecule has 1 aromatic rings. The molecule has 1 unspecified atom stereocenters. The van der Waals surface area contributed by atoms with Crippen LogP contribution in [-0.4, -0.2) is 24.6 Å². The molecule has 2 rings (SSSR count). The molecule has 0 saturated carbocycles. The van der Waals surface area contributed by atoms with E-state index in [0.29, 0.717) is 18.2 Å². The number of aromatic nitrogens is 1. The van der Waals surface area contributed by atoms with Crippen LogP contribution in [0.5, 0.6) is 0 Å². The zero-order valence-corrected chi connectivity index (χ0v) is 9.93. The van der Waals surface area contributed by atoms with Gasteiger partial charge in [-0.2, -0.15) is 13.2 Å². The second-order valence-corrected chi connectivity index (χ2v) is 4.50. The molecule has 1 saturated heterocycles. The van der Waals surface area contributed by atoms with Crippen LogP contribution in [0.3, 0.4) is 0 Å². The van der Waals surface area contributed by atoms with Gasteiger partial charge in [-0.1, -0.05) is 0 Å². The summed E-state index contributed by atoms with van der Waals surface area (Å²) < 4.78 is 37.3. The van der Waals surface area contributed by atoms with Crippen molar-refractivity contribution in [1.29, 1.82) is 0 Å². The Bertz CT molecular complexity index is 386. The van der Waals surface area contributed by atoms with E-state index in [4.69, 9.17) is 0 Å². The van der Waals surface area contributed by atoms with Gasteiger partial charge in [0.2, 0.25) is 0 Å². The number of alkyl halides is 3. The van der Waals surface area contributed by atoms with Gasteiger partial charge in [0.1, 0.15) is 5.69 Å². The Balaban J connectivity index is 1.85. The number of nitrogens with one attached hydrogen (secondary N) is 2. The summed E-state index contributed by atoms with van der Waals surface area (Å²) in [6.07, 6.45) is -1.09. The van der Waals surface area contributed by atoms with Crippen molar-refractivity contribution in [2.24, 2.45) is 5.92 Å². The second-order valence-electron chi connectivity index (χ2n) is 4.50. The summed E-state index contributed by atoms with van der Waals surface area (Å²) in [5.41, 5.74) is -0.377. The van der Waals surface area contributed by atoms with E-state index in [-0.39, 0.29) is 0 Å². The average molecular weight is 259 g/mol. The van der Waals surface area contributed by atoms with Gasteiger partial charge in [-0.15, -0.1) is 0 Å². The Morgan fingerprint density at radius 2 is 2.28 bits per heavy atom. The highest BCUT2D eigenvalue weighted by atomic mass is 19.4. The minimum Gasteiger partial charge on any atom is -0.385 e. The number of pyridine rings is 1. The van der Waals surface area contributed by atoms with Crippen molar-refractivity contribution in [2.45, 2.75) is 19.0 Å². The van der Waals surface area contributed by atoms with Crippen molar-refractivity contribution in [3.8, 4) is 0 Å². The van der Waals surface area contributed by atoms with Crippen LogP contribution in [0, 0.1) is 5.92 Å². The second kappa shape index (κ2) is 5.56. The van der Waals surface area contributed by atoms with Gasteiger partial charge in [0, 0.05) is 18.4 Å². The molecule has 18 heavy (non-hydrogen) atoms. The van der Waals surface area contributed by atoms with E-state index in [2.05, 4.69) is 15.6 Å². The van der Waals surface area contributed by atoms with Crippen LogP contribution in [0.1, 0.15) is 18.5 Å². The lowest BCUT2D eigenvalue weighted by molar-refractivity contribution is -0.141. The van der Waals surface area contributed by atoms with Crippen molar-refractivity contribution in [3.05, 3.63) is 24.0 Å². The zero-order chi connectivity index (χ0) is 13.0. The van der Waals surface area contributed by atoms with Crippen LogP contribution >= 0.6 is 0 Å². The molecule has 1 atom stereocenters. The van der Waals surface area contributed by atoms with Crippen LogP contribution in [0.2, 0.25) is 0 Å². The Labute approximate surface area is 104 Å². The third kappa shape index (κ3) is 3.60. The molecule has 1 aliphatic heterocycles. The van der Waals surface area contributed by atoms with Gasteiger partial charge in [-0.05, 0) is 44.0 Å². The smallest absolute Gasteiger partial charge is 0.385 e. The largest absolute Gasteiger partial charge is 0.433 e. The molecule has 0 bridgehead atoms. The van der Waals surface area contributed by atoms with Gasteiger partial charge in [-0.3, -0.25) is 4.98 Å². The molecule has 2 heterocycles. The molecule has 0 radical (unpaired) electrons. The van der Waals surface area contributed by atoms with Gasteiger partial charge in [-0.25, -0.2) is 0 Å². The van der Waals surface area contributed by atoms with Crippen molar-refractivity contribution in [2.75, 3.05) is 25.0 Å². The number of hydrogen-bond donors (Lipinski definition) is 2. The molecule has 0 aliphatic carbocycles. The first-order chi connectivity index (χ1) is 8.55. The first-order valence-electron chi connectivity index (χ1n) is 6.03. The summed E-state index contributed by atoms with van der Waals surface area (Å²) in [4.78, 5) is 3.32. The summed E-state index contributed by atoms with van der Waals surface area (Å²) in [6, 6.07) is 2.61. The molecule has 0 amide bonds. The van der Waals surface area contributed by atoms with Crippen molar-refractivity contribution in [1.82, 2.24) is 10.3 Å². The molecule has 2 N–H and O–H groups in total. The van der Waals surface area contributed by atoms with Crippen molar-refractivity contribution >= 4 is 5.69 Å². The number of anilines is 1. The molecule has 6 heteroatoms. The molecule has 1 aliphatic rings. The molecule has 0 spiro atoms. The quantitative estimate of drug-likeness (QED) is 0.872. The standard InChI is InChI=1S/C12H16F3N3/c13-12(14,15)11-7-10(3-6-18-11)17-5-2-9-1-4-16-8-9/h3,6-7,9,16H,1-2,4-5,8H2,(H,17,18). The minimum absolute atomic E-state index is 0.475. The summed E-state index contributed by atoms with van der Waals surface area (Å²) in [7, 11) is 0. The molecule has 3 nitrogen and oxygen atoms in total. The van der Waals surface area contributed by atoms with Crippen molar-refractivity contribution in [3.63, 3.8) is 0 Å². The van der Waals surface area contributed by atoms with E-state index < -0.39 is 11.9 Å². The fraction of sp³-hybridized carbons (Fsp3) is 0.583. The summed E-state index contributed by atoms with van der Waals surface area (Å²) >= 11 is 0. The summed E-state index contributed by atoms with van der Waals surface area (Å²) in [5, 5.41) is 6.28. The summed E-state index contributed by atoms with van der Waals surface area (Å²) in [6.45, 7) is 2.73. The van der Waals surface area contributed by atoms with Gasteiger partial charge >= 0.3 is 6.18 Å². The van der Waals surface area contributed by atoms with Gasteiger partial charge < -0.3 is 10.6 Å². The molecule has 1 fully saturated rings. The normalized spacial score (nSPS) is 20.1. The van der Waals surface area contributed by atoms with E-state index in [9.17, 15) is 13.2 Å². The Kier molecular flexibility index (Phi) is 4.06. The SMILES string of the molecule is FC(F)(F)c1cc(NCCC2CCNC2)ccn1. The highest BCUT2D eigenvalue weighted by Crippen LogP contribution is 2.28.